The molecule has 0 amide bonds. The molecule has 0 spiro atoms. The zero-order valence-corrected chi connectivity index (χ0v) is 16.5. The van der Waals surface area contributed by atoms with Crippen LogP contribution < -0.4 is 4.74 Å². The number of hydrogen-bond donors (Lipinski definition) is 0. The minimum atomic E-state index is -1.46. The lowest BCUT2D eigenvalue weighted by Gasteiger charge is -2.27. The van der Waals surface area contributed by atoms with Gasteiger partial charge in [-0.25, -0.2) is 4.39 Å². The number of unbranched alkanes of at least 4 members (excludes halogenated alkanes) is 4. The fourth-order valence-electron chi connectivity index (χ4n) is 2.69. The standard InChI is InChI=1S/C20H28ClFO4/c1-4-7-8-9-10-14-25-18(23)20(5-2,6-3)19(24)26-17-15(21)12-11-13-16(17)22/h11-13H,4-10,14H2,1-3H3. The Morgan fingerprint density at radius 2 is 1.69 bits per heavy atom. The van der Waals surface area contributed by atoms with E-state index in [9.17, 15) is 14.0 Å². The fraction of sp³-hybridized carbons (Fsp3) is 0.600. The zero-order valence-electron chi connectivity index (χ0n) is 15.8. The molecule has 0 radical (unpaired) electrons. The third-order valence-electron chi connectivity index (χ3n) is 4.58. The topological polar surface area (TPSA) is 52.6 Å². The van der Waals surface area contributed by atoms with Crippen molar-refractivity contribution in [3.8, 4) is 5.75 Å². The van der Waals surface area contributed by atoms with Gasteiger partial charge in [-0.15, -0.1) is 0 Å². The minimum absolute atomic E-state index is 0.0243. The fourth-order valence-corrected chi connectivity index (χ4v) is 2.89. The molecule has 0 aliphatic rings. The van der Waals surface area contributed by atoms with Crippen LogP contribution in [-0.2, 0) is 14.3 Å². The van der Waals surface area contributed by atoms with E-state index >= 15 is 0 Å². The molecule has 0 aromatic heterocycles. The van der Waals surface area contributed by atoms with Gasteiger partial charge in [0.2, 0.25) is 0 Å². The first-order valence-corrected chi connectivity index (χ1v) is 9.64. The highest BCUT2D eigenvalue weighted by molar-refractivity contribution is 6.32. The Bertz CT molecular complexity index is 579. The summed E-state index contributed by atoms with van der Waals surface area (Å²) >= 11 is 5.90. The van der Waals surface area contributed by atoms with Crippen LogP contribution in [0.2, 0.25) is 5.02 Å². The van der Waals surface area contributed by atoms with Crippen LogP contribution >= 0.6 is 11.6 Å². The molecule has 0 aliphatic carbocycles. The largest absolute Gasteiger partial charge is 0.465 e. The molecule has 0 saturated heterocycles. The molecule has 0 bridgehead atoms. The SMILES string of the molecule is CCCCCCCOC(=O)C(CC)(CC)C(=O)Oc1c(F)cccc1Cl. The molecule has 1 aromatic rings. The number of esters is 2. The average molecular weight is 387 g/mol. The normalized spacial score (nSPS) is 11.3. The van der Waals surface area contributed by atoms with Gasteiger partial charge in [-0.05, 0) is 31.4 Å². The van der Waals surface area contributed by atoms with Crippen LogP contribution in [0.4, 0.5) is 4.39 Å². The van der Waals surface area contributed by atoms with Crippen LogP contribution in [0.3, 0.4) is 0 Å². The van der Waals surface area contributed by atoms with Gasteiger partial charge in [0, 0.05) is 0 Å². The highest BCUT2D eigenvalue weighted by Gasteiger charge is 2.46. The summed E-state index contributed by atoms with van der Waals surface area (Å²) in [6.45, 7) is 5.80. The average Bonchev–Trinajstić information content (AvgIpc) is 2.62. The van der Waals surface area contributed by atoms with Crippen LogP contribution in [-0.4, -0.2) is 18.5 Å². The first-order chi connectivity index (χ1) is 12.4. The summed E-state index contributed by atoms with van der Waals surface area (Å²) in [7, 11) is 0. The number of rotatable bonds is 11. The summed E-state index contributed by atoms with van der Waals surface area (Å²) in [5, 5.41) is -0.0243. The predicted octanol–water partition coefficient (Wildman–Crippen LogP) is 5.70. The van der Waals surface area contributed by atoms with Crippen molar-refractivity contribution in [1.29, 1.82) is 0 Å². The maximum Gasteiger partial charge on any atom is 0.329 e. The van der Waals surface area contributed by atoms with Gasteiger partial charge >= 0.3 is 11.9 Å². The van der Waals surface area contributed by atoms with Crippen molar-refractivity contribution in [2.45, 2.75) is 65.7 Å². The van der Waals surface area contributed by atoms with Gasteiger partial charge in [0.1, 0.15) is 0 Å². The van der Waals surface area contributed by atoms with Crippen LogP contribution in [0.25, 0.3) is 0 Å². The van der Waals surface area contributed by atoms with Crippen molar-refractivity contribution in [2.75, 3.05) is 6.61 Å². The molecule has 0 N–H and O–H groups in total. The lowest BCUT2D eigenvalue weighted by Crippen LogP contribution is -2.42. The lowest BCUT2D eigenvalue weighted by atomic mass is 9.82. The molecule has 0 unspecified atom stereocenters. The molecule has 26 heavy (non-hydrogen) atoms. The number of carbonyl (C=O) groups excluding carboxylic acids is 2. The Kier molecular flexibility index (Phi) is 9.63. The predicted molar refractivity (Wildman–Crippen MR) is 99.8 cm³/mol. The monoisotopic (exact) mass is 386 g/mol. The Hall–Kier alpha value is -1.62. The number of para-hydroxylation sites is 1. The van der Waals surface area contributed by atoms with Crippen LogP contribution in [0.15, 0.2) is 18.2 Å². The third-order valence-corrected chi connectivity index (χ3v) is 4.88. The van der Waals surface area contributed by atoms with E-state index in [1.165, 1.54) is 12.1 Å². The zero-order chi connectivity index (χ0) is 19.6. The third kappa shape index (κ3) is 5.70. The number of benzene rings is 1. The second kappa shape index (κ2) is 11.2. The maximum atomic E-state index is 13.9. The number of halogens is 2. The summed E-state index contributed by atoms with van der Waals surface area (Å²) in [5.41, 5.74) is -1.46. The van der Waals surface area contributed by atoms with E-state index in [0.29, 0.717) is 0 Å². The number of carbonyl (C=O) groups is 2. The lowest BCUT2D eigenvalue weighted by molar-refractivity contribution is -0.168. The van der Waals surface area contributed by atoms with Crippen molar-refractivity contribution in [2.24, 2.45) is 5.41 Å². The molecule has 0 heterocycles. The van der Waals surface area contributed by atoms with E-state index in [0.717, 1.165) is 38.2 Å². The summed E-state index contributed by atoms with van der Waals surface area (Å²) in [6, 6.07) is 3.97. The van der Waals surface area contributed by atoms with E-state index in [1.54, 1.807) is 13.8 Å². The summed E-state index contributed by atoms with van der Waals surface area (Å²) in [5.74, 6) is -2.59. The smallest absolute Gasteiger partial charge is 0.329 e. The highest BCUT2D eigenvalue weighted by atomic mass is 35.5. The van der Waals surface area contributed by atoms with Crippen LogP contribution in [0.1, 0.15) is 65.7 Å². The van der Waals surface area contributed by atoms with Gasteiger partial charge < -0.3 is 9.47 Å². The van der Waals surface area contributed by atoms with E-state index < -0.39 is 23.2 Å². The molecule has 1 rings (SSSR count). The molecule has 0 saturated carbocycles. The molecule has 0 aliphatic heterocycles. The van der Waals surface area contributed by atoms with Gasteiger partial charge in [-0.2, -0.15) is 0 Å². The van der Waals surface area contributed by atoms with Crippen molar-refractivity contribution in [1.82, 2.24) is 0 Å². The Balaban J connectivity index is 2.77. The molecule has 1 aromatic carbocycles. The van der Waals surface area contributed by atoms with Crippen LogP contribution in [0, 0.1) is 11.2 Å². The quantitative estimate of drug-likeness (QED) is 0.212. The van der Waals surface area contributed by atoms with Gasteiger partial charge in [-0.1, -0.05) is 64.1 Å². The van der Waals surface area contributed by atoms with E-state index in [2.05, 4.69) is 6.92 Å². The highest BCUT2D eigenvalue weighted by Crippen LogP contribution is 2.34. The Morgan fingerprint density at radius 1 is 1.04 bits per heavy atom. The second-order valence-corrected chi connectivity index (χ2v) is 6.69. The summed E-state index contributed by atoms with van der Waals surface area (Å²) < 4.78 is 24.4. The summed E-state index contributed by atoms with van der Waals surface area (Å²) in [6.07, 6.45) is 5.50. The van der Waals surface area contributed by atoms with Gasteiger partial charge in [0.05, 0.1) is 11.6 Å². The molecule has 0 atom stereocenters. The second-order valence-electron chi connectivity index (χ2n) is 6.28. The van der Waals surface area contributed by atoms with E-state index in [1.807, 2.05) is 0 Å². The Morgan fingerprint density at radius 3 is 2.27 bits per heavy atom. The van der Waals surface area contributed by atoms with Crippen LogP contribution in [0.5, 0.6) is 5.75 Å². The van der Waals surface area contributed by atoms with Gasteiger partial charge in [0.15, 0.2) is 17.0 Å². The number of ether oxygens (including phenoxy) is 2. The van der Waals surface area contributed by atoms with Crippen molar-refractivity contribution >= 4 is 23.5 Å². The molecular weight excluding hydrogens is 359 g/mol. The maximum absolute atomic E-state index is 13.9. The first-order valence-electron chi connectivity index (χ1n) is 9.26. The number of hydrogen-bond acceptors (Lipinski definition) is 4. The molecule has 6 heteroatoms. The molecule has 0 fully saturated rings. The summed E-state index contributed by atoms with van der Waals surface area (Å²) in [4.78, 5) is 25.2. The van der Waals surface area contributed by atoms with Crippen molar-refractivity contribution < 1.29 is 23.5 Å². The molecule has 4 nitrogen and oxygen atoms in total. The van der Waals surface area contributed by atoms with Crippen molar-refractivity contribution in [3.05, 3.63) is 29.0 Å². The van der Waals surface area contributed by atoms with E-state index in [4.69, 9.17) is 21.1 Å². The molecular formula is C20H28ClFO4. The van der Waals surface area contributed by atoms with Gasteiger partial charge in [-0.3, -0.25) is 9.59 Å². The van der Waals surface area contributed by atoms with Gasteiger partial charge in [0.25, 0.3) is 0 Å². The minimum Gasteiger partial charge on any atom is -0.465 e. The Labute approximate surface area is 160 Å². The first kappa shape index (κ1) is 22.4. The molecule has 146 valence electrons. The van der Waals surface area contributed by atoms with E-state index in [-0.39, 0.29) is 30.2 Å². The van der Waals surface area contributed by atoms with Crippen molar-refractivity contribution in [3.63, 3.8) is 0 Å².